The molecule has 5 rings (SSSR count). The molecule has 0 bridgehead atoms. The van der Waals surface area contributed by atoms with Gasteiger partial charge in [-0.2, -0.15) is 16.8 Å². The highest BCUT2D eigenvalue weighted by Gasteiger charge is 2.42. The topological polar surface area (TPSA) is 86.7 Å². The molecule has 0 heterocycles. The Morgan fingerprint density at radius 1 is 0.583 bits per heavy atom. The lowest BCUT2D eigenvalue weighted by molar-refractivity contribution is 0.438. The Morgan fingerprint density at radius 3 is 1.53 bits per heavy atom. The van der Waals surface area contributed by atoms with Crippen molar-refractivity contribution in [3.8, 4) is 22.6 Å². The van der Waals surface area contributed by atoms with Crippen molar-refractivity contribution in [2.75, 3.05) is 0 Å². The predicted octanol–water partition coefficient (Wildman–Crippen LogP) is 5.43. The number of rotatable bonds is 6. The summed E-state index contributed by atoms with van der Waals surface area (Å²) in [6, 6.07) is 27.8. The van der Waals surface area contributed by atoms with Gasteiger partial charge in [0.25, 0.3) is 0 Å². The number of halogens is 2. The van der Waals surface area contributed by atoms with Crippen LogP contribution in [0.1, 0.15) is 22.3 Å². The highest BCUT2D eigenvalue weighted by molar-refractivity contribution is 7.82. The van der Waals surface area contributed by atoms with Crippen LogP contribution in [0.3, 0.4) is 0 Å². The van der Waals surface area contributed by atoms with Gasteiger partial charge in [-0.15, -0.1) is 0 Å². The molecule has 0 N–H and O–H groups in total. The van der Waals surface area contributed by atoms with Crippen LogP contribution in [0.25, 0.3) is 11.1 Å². The Balaban J connectivity index is 1.73. The SMILES string of the molecule is O=S(=O)(F)Oc1ccc(C2(c3ccc(OS(=O)(=O)F)cc3)Cc3ccccc3-c3ccccc32)cc1. The van der Waals surface area contributed by atoms with Crippen molar-refractivity contribution in [2.24, 2.45) is 0 Å². The van der Waals surface area contributed by atoms with Crippen LogP contribution in [0.2, 0.25) is 0 Å². The summed E-state index contributed by atoms with van der Waals surface area (Å²) in [5.74, 6) is -0.365. The fraction of sp³-hybridized carbons (Fsp3) is 0.0769. The van der Waals surface area contributed by atoms with E-state index in [1.54, 1.807) is 24.3 Å². The second kappa shape index (κ2) is 8.72. The number of fused-ring (bicyclic) bond motifs is 3. The van der Waals surface area contributed by atoms with Crippen molar-refractivity contribution in [3.63, 3.8) is 0 Å². The smallest absolute Gasteiger partial charge is 0.358 e. The minimum atomic E-state index is -5.18. The van der Waals surface area contributed by atoms with Gasteiger partial charge >= 0.3 is 21.0 Å². The fourth-order valence-electron chi connectivity index (χ4n) is 4.91. The van der Waals surface area contributed by atoms with Crippen LogP contribution >= 0.6 is 0 Å². The summed E-state index contributed by atoms with van der Waals surface area (Å²) in [7, 11) is -10.4. The summed E-state index contributed by atoms with van der Waals surface area (Å²) in [4.78, 5) is 0. The first-order valence-corrected chi connectivity index (χ1v) is 13.3. The first kappa shape index (κ1) is 24.0. The Hall–Kier alpha value is -3.76. The second-order valence-electron chi connectivity index (χ2n) is 8.29. The summed E-state index contributed by atoms with van der Waals surface area (Å²) in [6.45, 7) is 0. The molecule has 1 aliphatic rings. The van der Waals surface area contributed by atoms with Gasteiger partial charge in [-0.05, 0) is 64.1 Å². The van der Waals surface area contributed by atoms with Gasteiger partial charge in [-0.3, -0.25) is 0 Å². The summed E-state index contributed by atoms with van der Waals surface area (Å²) >= 11 is 0. The van der Waals surface area contributed by atoms with Gasteiger partial charge in [0.15, 0.2) is 0 Å². The Labute approximate surface area is 207 Å². The summed E-state index contributed by atoms with van der Waals surface area (Å²) in [6.07, 6.45) is 0.503. The Bertz CT molecular complexity index is 1570. The maximum absolute atomic E-state index is 13.1. The fourth-order valence-corrected chi connectivity index (χ4v) is 5.59. The van der Waals surface area contributed by atoms with E-state index in [-0.39, 0.29) is 11.5 Å². The lowest BCUT2D eigenvalue weighted by Crippen LogP contribution is -2.35. The molecule has 0 radical (unpaired) electrons. The largest absolute Gasteiger partial charge is 0.488 e. The molecule has 0 saturated carbocycles. The third kappa shape index (κ3) is 4.57. The Kier molecular flexibility index (Phi) is 5.80. The first-order chi connectivity index (χ1) is 17.1. The van der Waals surface area contributed by atoms with Crippen LogP contribution in [0.15, 0.2) is 97.1 Å². The van der Waals surface area contributed by atoms with Crippen LogP contribution in [-0.2, 0) is 32.8 Å². The molecule has 1 aliphatic carbocycles. The van der Waals surface area contributed by atoms with Crippen LogP contribution < -0.4 is 8.37 Å². The van der Waals surface area contributed by atoms with E-state index in [0.717, 1.165) is 33.4 Å². The van der Waals surface area contributed by atoms with Crippen molar-refractivity contribution in [1.29, 1.82) is 0 Å². The standard InChI is InChI=1S/C26H18F2O6S2/c27-35(29,30)33-21-13-9-19(10-14-21)26(20-11-15-22(16-12-20)34-36(28,31)32)17-18-5-1-2-6-23(18)24-7-3-4-8-25(24)26/h1-16H,17H2. The zero-order valence-electron chi connectivity index (χ0n) is 18.5. The van der Waals surface area contributed by atoms with Gasteiger partial charge in [-0.1, -0.05) is 80.6 Å². The zero-order valence-corrected chi connectivity index (χ0v) is 20.1. The monoisotopic (exact) mass is 528 g/mol. The molecular weight excluding hydrogens is 510 g/mol. The van der Waals surface area contributed by atoms with Gasteiger partial charge in [0, 0.05) is 5.41 Å². The van der Waals surface area contributed by atoms with Crippen molar-refractivity contribution in [3.05, 3.63) is 119 Å². The van der Waals surface area contributed by atoms with Gasteiger partial charge in [0.1, 0.15) is 11.5 Å². The molecule has 0 aromatic heterocycles. The van der Waals surface area contributed by atoms with Gasteiger partial charge in [0.2, 0.25) is 0 Å². The summed E-state index contributed by atoms with van der Waals surface area (Å²) in [5.41, 5.74) is 4.73. The molecule has 6 nitrogen and oxygen atoms in total. The maximum atomic E-state index is 13.1. The van der Waals surface area contributed by atoms with E-state index in [9.17, 15) is 24.6 Å². The molecule has 0 spiro atoms. The molecule has 0 fully saturated rings. The van der Waals surface area contributed by atoms with Crippen molar-refractivity contribution < 1.29 is 33.0 Å². The van der Waals surface area contributed by atoms with Crippen molar-refractivity contribution in [2.45, 2.75) is 11.8 Å². The average molecular weight is 529 g/mol. The van der Waals surface area contributed by atoms with Crippen LogP contribution in [0.5, 0.6) is 11.5 Å². The highest BCUT2D eigenvalue weighted by atomic mass is 32.3. The third-order valence-electron chi connectivity index (χ3n) is 6.24. The normalized spacial score (nSPS) is 14.4. The van der Waals surface area contributed by atoms with Gasteiger partial charge in [-0.25, -0.2) is 0 Å². The lowest BCUT2D eigenvalue weighted by atomic mass is 9.61. The molecular formula is C26H18F2O6S2. The van der Waals surface area contributed by atoms with Gasteiger partial charge < -0.3 is 8.37 Å². The molecule has 0 saturated heterocycles. The first-order valence-electron chi connectivity index (χ1n) is 10.7. The molecule has 0 atom stereocenters. The highest BCUT2D eigenvalue weighted by Crippen LogP contribution is 2.51. The minimum absolute atomic E-state index is 0.183. The number of benzene rings is 4. The Morgan fingerprint density at radius 2 is 1.03 bits per heavy atom. The third-order valence-corrected chi connectivity index (χ3v) is 7.02. The van der Waals surface area contributed by atoms with Crippen LogP contribution in [0.4, 0.5) is 7.77 Å². The van der Waals surface area contributed by atoms with Crippen LogP contribution in [0, 0.1) is 0 Å². The molecule has 4 aromatic rings. The van der Waals surface area contributed by atoms with Crippen molar-refractivity contribution >= 4 is 21.0 Å². The molecule has 184 valence electrons. The quantitative estimate of drug-likeness (QED) is 0.310. The molecule has 0 unspecified atom stereocenters. The molecule has 10 heteroatoms. The second-order valence-corrected chi connectivity index (χ2v) is 10.2. The molecule has 4 aromatic carbocycles. The number of hydrogen-bond donors (Lipinski definition) is 0. The average Bonchev–Trinajstić information content (AvgIpc) is 2.82. The lowest BCUT2D eigenvalue weighted by Gasteiger charge is -2.41. The summed E-state index contributed by atoms with van der Waals surface area (Å²) < 4.78 is 78.6. The van der Waals surface area contributed by atoms with Crippen LogP contribution in [-0.4, -0.2) is 16.8 Å². The van der Waals surface area contributed by atoms with Crippen molar-refractivity contribution in [1.82, 2.24) is 0 Å². The van der Waals surface area contributed by atoms with E-state index in [4.69, 9.17) is 0 Å². The van der Waals surface area contributed by atoms with Gasteiger partial charge in [0.05, 0.1) is 0 Å². The number of hydrogen-bond acceptors (Lipinski definition) is 6. The summed E-state index contributed by atoms with van der Waals surface area (Å²) in [5, 5.41) is 0. The predicted molar refractivity (Wildman–Crippen MR) is 130 cm³/mol. The van der Waals surface area contributed by atoms with E-state index in [1.165, 1.54) is 24.3 Å². The molecule has 0 aliphatic heterocycles. The zero-order chi connectivity index (χ0) is 25.6. The minimum Gasteiger partial charge on any atom is -0.358 e. The van der Waals surface area contributed by atoms with E-state index in [1.807, 2.05) is 48.5 Å². The molecule has 0 amide bonds. The van der Waals surface area contributed by atoms with E-state index >= 15 is 0 Å². The van der Waals surface area contributed by atoms with E-state index < -0.39 is 26.4 Å². The maximum Gasteiger partial charge on any atom is 0.488 e. The van der Waals surface area contributed by atoms with E-state index in [2.05, 4.69) is 8.37 Å². The molecule has 36 heavy (non-hydrogen) atoms. The van der Waals surface area contributed by atoms with E-state index in [0.29, 0.717) is 6.42 Å².